The van der Waals surface area contributed by atoms with Crippen molar-refractivity contribution < 1.29 is 4.79 Å². The van der Waals surface area contributed by atoms with Crippen LogP contribution >= 0.6 is 11.6 Å². The molecule has 0 aromatic heterocycles. The molecule has 26 heavy (non-hydrogen) atoms. The van der Waals surface area contributed by atoms with Gasteiger partial charge in [0.15, 0.2) is 0 Å². The fourth-order valence-corrected chi connectivity index (χ4v) is 2.74. The van der Waals surface area contributed by atoms with Crippen LogP contribution in [0.25, 0.3) is 0 Å². The van der Waals surface area contributed by atoms with E-state index in [2.05, 4.69) is 22.0 Å². The Morgan fingerprint density at radius 2 is 1.42 bits per heavy atom. The molecule has 0 radical (unpaired) electrons. The molecule has 3 aromatic carbocycles. The molecule has 3 aromatic rings. The molecule has 0 fully saturated rings. The molecule has 0 aliphatic heterocycles. The van der Waals surface area contributed by atoms with Gasteiger partial charge < -0.3 is 16.0 Å². The van der Waals surface area contributed by atoms with Crippen LogP contribution in [0.1, 0.15) is 5.56 Å². The minimum absolute atomic E-state index is 0.266. The minimum atomic E-state index is -0.266. The summed E-state index contributed by atoms with van der Waals surface area (Å²) >= 11 is 5.99. The number of nitrogens with one attached hydrogen (secondary N) is 3. The van der Waals surface area contributed by atoms with E-state index in [1.165, 1.54) is 5.56 Å². The molecular formula is C21H20ClN3O. The zero-order valence-electron chi connectivity index (χ0n) is 14.2. The Kier molecular flexibility index (Phi) is 6.12. The molecular weight excluding hydrogens is 346 g/mol. The standard InChI is InChI=1S/C21H20ClN3O/c22-17-6-4-5-16(15-17)13-14-23-18-9-11-20(12-10-18)25-21(26)24-19-7-2-1-3-8-19/h1-12,15,23H,13-14H2,(H2,24,25,26). The Balaban J connectivity index is 1.46. The van der Waals surface area contributed by atoms with E-state index in [0.29, 0.717) is 0 Å². The summed E-state index contributed by atoms with van der Waals surface area (Å²) in [7, 11) is 0. The van der Waals surface area contributed by atoms with Crippen LogP contribution in [0.4, 0.5) is 21.9 Å². The molecule has 132 valence electrons. The van der Waals surface area contributed by atoms with Crippen molar-refractivity contribution in [3.63, 3.8) is 0 Å². The number of urea groups is 1. The second-order valence-corrected chi connectivity index (χ2v) is 6.27. The van der Waals surface area contributed by atoms with Crippen molar-refractivity contribution in [3.8, 4) is 0 Å². The number of para-hydroxylation sites is 1. The van der Waals surface area contributed by atoms with Gasteiger partial charge in [0.25, 0.3) is 0 Å². The smallest absolute Gasteiger partial charge is 0.323 e. The van der Waals surface area contributed by atoms with E-state index >= 15 is 0 Å². The van der Waals surface area contributed by atoms with Crippen LogP contribution < -0.4 is 16.0 Å². The molecule has 0 saturated heterocycles. The van der Waals surface area contributed by atoms with Crippen molar-refractivity contribution in [2.75, 3.05) is 22.5 Å². The van der Waals surface area contributed by atoms with E-state index in [1.54, 1.807) is 0 Å². The number of hydrogen-bond acceptors (Lipinski definition) is 2. The number of halogens is 1. The van der Waals surface area contributed by atoms with Gasteiger partial charge in [0.05, 0.1) is 0 Å². The highest BCUT2D eigenvalue weighted by atomic mass is 35.5. The summed E-state index contributed by atoms with van der Waals surface area (Å²) in [5.74, 6) is 0. The molecule has 5 heteroatoms. The topological polar surface area (TPSA) is 53.2 Å². The van der Waals surface area contributed by atoms with E-state index < -0.39 is 0 Å². The van der Waals surface area contributed by atoms with Gasteiger partial charge in [0.2, 0.25) is 0 Å². The van der Waals surface area contributed by atoms with Crippen LogP contribution in [-0.2, 0) is 6.42 Å². The third-order valence-electron chi connectivity index (χ3n) is 3.81. The van der Waals surface area contributed by atoms with Gasteiger partial charge >= 0.3 is 6.03 Å². The molecule has 0 spiro atoms. The Bertz CT molecular complexity index is 851. The van der Waals surface area contributed by atoms with Crippen LogP contribution in [0.3, 0.4) is 0 Å². The summed E-state index contributed by atoms with van der Waals surface area (Å²) in [5, 5.41) is 9.72. The maximum Gasteiger partial charge on any atom is 0.323 e. The average Bonchev–Trinajstić information content (AvgIpc) is 2.64. The van der Waals surface area contributed by atoms with Crippen LogP contribution in [0, 0.1) is 0 Å². The SMILES string of the molecule is O=C(Nc1ccccc1)Nc1ccc(NCCc2cccc(Cl)c2)cc1. The molecule has 0 atom stereocenters. The largest absolute Gasteiger partial charge is 0.385 e. The number of hydrogen-bond donors (Lipinski definition) is 3. The zero-order valence-corrected chi connectivity index (χ0v) is 15.0. The van der Waals surface area contributed by atoms with Gasteiger partial charge in [0, 0.05) is 28.6 Å². The highest BCUT2D eigenvalue weighted by Crippen LogP contribution is 2.15. The van der Waals surface area contributed by atoms with Gasteiger partial charge in [-0.1, -0.05) is 41.9 Å². The second-order valence-electron chi connectivity index (χ2n) is 5.83. The summed E-state index contributed by atoms with van der Waals surface area (Å²) in [5.41, 5.74) is 3.69. The lowest BCUT2D eigenvalue weighted by atomic mass is 10.1. The van der Waals surface area contributed by atoms with Gasteiger partial charge in [-0.2, -0.15) is 0 Å². The molecule has 0 bridgehead atoms. The van der Waals surface area contributed by atoms with Crippen molar-refractivity contribution in [1.82, 2.24) is 0 Å². The van der Waals surface area contributed by atoms with Gasteiger partial charge in [0.1, 0.15) is 0 Å². The van der Waals surface area contributed by atoms with Crippen molar-refractivity contribution in [2.24, 2.45) is 0 Å². The molecule has 0 aliphatic rings. The maximum absolute atomic E-state index is 12.0. The first-order chi connectivity index (χ1) is 12.7. The van der Waals surface area contributed by atoms with E-state index in [-0.39, 0.29) is 6.03 Å². The van der Waals surface area contributed by atoms with Gasteiger partial charge in [-0.05, 0) is 60.5 Å². The molecule has 2 amide bonds. The number of anilines is 3. The number of carbonyl (C=O) groups is 1. The Morgan fingerprint density at radius 1 is 0.769 bits per heavy atom. The van der Waals surface area contributed by atoms with Gasteiger partial charge in [-0.15, -0.1) is 0 Å². The van der Waals surface area contributed by atoms with Crippen LogP contribution in [-0.4, -0.2) is 12.6 Å². The molecule has 0 heterocycles. The lowest BCUT2D eigenvalue weighted by molar-refractivity contribution is 0.262. The van der Waals surface area contributed by atoms with Crippen LogP contribution in [0.5, 0.6) is 0 Å². The average molecular weight is 366 g/mol. The Labute approximate surface area is 158 Å². The van der Waals surface area contributed by atoms with Crippen molar-refractivity contribution >= 4 is 34.7 Å². The predicted molar refractivity (Wildman–Crippen MR) is 109 cm³/mol. The van der Waals surface area contributed by atoms with E-state index in [0.717, 1.165) is 35.1 Å². The zero-order chi connectivity index (χ0) is 18.2. The predicted octanol–water partition coefficient (Wildman–Crippen LogP) is 5.64. The van der Waals surface area contributed by atoms with Crippen molar-refractivity contribution in [2.45, 2.75) is 6.42 Å². The molecule has 0 aliphatic carbocycles. The number of carbonyl (C=O) groups excluding carboxylic acids is 1. The monoisotopic (exact) mass is 365 g/mol. The lowest BCUT2D eigenvalue weighted by Gasteiger charge is -2.10. The molecule has 0 saturated carbocycles. The first kappa shape index (κ1) is 17.8. The highest BCUT2D eigenvalue weighted by molar-refractivity contribution is 6.30. The summed E-state index contributed by atoms with van der Waals surface area (Å²) in [6.45, 7) is 0.807. The van der Waals surface area contributed by atoms with Crippen LogP contribution in [0.15, 0.2) is 78.9 Å². The summed E-state index contributed by atoms with van der Waals surface area (Å²) in [6.07, 6.45) is 0.889. The van der Waals surface area contributed by atoms with Crippen molar-refractivity contribution in [1.29, 1.82) is 0 Å². The van der Waals surface area contributed by atoms with E-state index in [4.69, 9.17) is 11.6 Å². The summed E-state index contributed by atoms with van der Waals surface area (Å²) in [6, 6.07) is 24.5. The van der Waals surface area contributed by atoms with Crippen LogP contribution in [0.2, 0.25) is 5.02 Å². The minimum Gasteiger partial charge on any atom is -0.385 e. The number of rotatable bonds is 6. The van der Waals surface area contributed by atoms with Gasteiger partial charge in [-0.25, -0.2) is 4.79 Å². The Hall–Kier alpha value is -2.98. The molecule has 3 rings (SSSR count). The molecule has 3 N–H and O–H groups in total. The quantitative estimate of drug-likeness (QED) is 0.529. The number of amides is 2. The first-order valence-corrected chi connectivity index (χ1v) is 8.78. The maximum atomic E-state index is 12.0. The van der Waals surface area contributed by atoms with Gasteiger partial charge in [-0.3, -0.25) is 0 Å². The molecule has 4 nitrogen and oxygen atoms in total. The van der Waals surface area contributed by atoms with E-state index in [1.807, 2.05) is 72.8 Å². The fraction of sp³-hybridized carbons (Fsp3) is 0.0952. The van der Waals surface area contributed by atoms with Crippen molar-refractivity contribution in [3.05, 3.63) is 89.4 Å². The first-order valence-electron chi connectivity index (χ1n) is 8.40. The second kappa shape index (κ2) is 8.92. The highest BCUT2D eigenvalue weighted by Gasteiger charge is 2.02. The summed E-state index contributed by atoms with van der Waals surface area (Å²) < 4.78 is 0. The fourth-order valence-electron chi connectivity index (χ4n) is 2.53. The normalized spacial score (nSPS) is 10.2. The van der Waals surface area contributed by atoms with E-state index in [9.17, 15) is 4.79 Å². The lowest BCUT2D eigenvalue weighted by Crippen LogP contribution is -2.19. The molecule has 0 unspecified atom stereocenters. The third-order valence-corrected chi connectivity index (χ3v) is 4.04. The number of benzene rings is 3. The Morgan fingerprint density at radius 3 is 2.12 bits per heavy atom. The third kappa shape index (κ3) is 5.53. The summed E-state index contributed by atoms with van der Waals surface area (Å²) in [4.78, 5) is 12.0.